The van der Waals surface area contributed by atoms with Crippen LogP contribution in [0.5, 0.6) is 0 Å². The highest BCUT2D eigenvalue weighted by Crippen LogP contribution is 2.36. The van der Waals surface area contributed by atoms with E-state index in [0.717, 1.165) is 19.3 Å². The van der Waals surface area contributed by atoms with E-state index in [-0.39, 0.29) is 24.5 Å². The van der Waals surface area contributed by atoms with Crippen molar-refractivity contribution in [1.82, 2.24) is 0 Å². The monoisotopic (exact) mass is 434 g/mol. The van der Waals surface area contributed by atoms with E-state index in [1.165, 1.54) is 16.0 Å². The van der Waals surface area contributed by atoms with E-state index in [2.05, 4.69) is 5.32 Å². The fourth-order valence-electron chi connectivity index (χ4n) is 4.28. The number of benzene rings is 2. The second-order valence-electron chi connectivity index (χ2n) is 8.68. The minimum Gasteiger partial charge on any atom is -0.456 e. The molecule has 2 aromatic carbocycles. The molecule has 32 heavy (non-hydrogen) atoms. The number of carbonyl (C=O) groups is 4. The Morgan fingerprint density at radius 3 is 2.59 bits per heavy atom. The molecule has 0 unspecified atom stereocenters. The zero-order valence-electron chi connectivity index (χ0n) is 18.3. The Morgan fingerprint density at radius 2 is 1.78 bits per heavy atom. The van der Waals surface area contributed by atoms with Crippen molar-refractivity contribution in [1.29, 1.82) is 0 Å². The molecule has 4 rings (SSSR count). The molecule has 166 valence electrons. The Balaban J connectivity index is 1.34. The topological polar surface area (TPSA) is 92.8 Å². The average Bonchev–Trinajstić information content (AvgIpc) is 3.24. The summed E-state index contributed by atoms with van der Waals surface area (Å²) in [6.45, 7) is 2.76. The zero-order valence-corrected chi connectivity index (χ0v) is 18.3. The normalized spacial score (nSPS) is 16.1. The number of esters is 1. The number of anilines is 2. The van der Waals surface area contributed by atoms with E-state index in [1.54, 1.807) is 38.1 Å². The van der Waals surface area contributed by atoms with E-state index < -0.39 is 24.0 Å². The maximum absolute atomic E-state index is 12.9. The van der Waals surface area contributed by atoms with Crippen molar-refractivity contribution < 1.29 is 23.9 Å². The van der Waals surface area contributed by atoms with E-state index in [4.69, 9.17) is 4.74 Å². The lowest BCUT2D eigenvalue weighted by atomic mass is 9.96. The Kier molecular flexibility index (Phi) is 5.82. The Labute approximate surface area is 186 Å². The largest absolute Gasteiger partial charge is 0.456 e. The van der Waals surface area contributed by atoms with E-state index in [9.17, 15) is 19.2 Å². The number of rotatable bonds is 6. The number of ether oxygens (including phenoxy) is 1. The molecular weight excluding hydrogens is 408 g/mol. The predicted octanol–water partition coefficient (Wildman–Crippen LogP) is 3.45. The summed E-state index contributed by atoms with van der Waals surface area (Å²) in [5, 5.41) is 2.79. The summed E-state index contributed by atoms with van der Waals surface area (Å²) in [5.74, 6) is -1.57. The first kappa shape index (κ1) is 21.7. The molecule has 0 bridgehead atoms. The Morgan fingerprint density at radius 1 is 1.03 bits per heavy atom. The average molecular weight is 434 g/mol. The fraction of sp³-hybridized carbons (Fsp3) is 0.360. The van der Waals surface area contributed by atoms with Gasteiger partial charge in [-0.05, 0) is 62.4 Å². The molecule has 0 spiro atoms. The minimum atomic E-state index is -1.14. The highest BCUT2D eigenvalue weighted by atomic mass is 16.5. The SMILES string of the molecule is CC1(C)C(=O)Nc2ccccc2N1C(=O)COC(=O)CCC(=O)c1ccc2c(c1)CCC2. The lowest BCUT2D eigenvalue weighted by Gasteiger charge is -2.41. The summed E-state index contributed by atoms with van der Waals surface area (Å²) in [7, 11) is 0. The van der Waals surface area contributed by atoms with Gasteiger partial charge in [-0.25, -0.2) is 0 Å². The number of aryl methyl sites for hydroxylation is 2. The molecule has 0 atom stereocenters. The summed E-state index contributed by atoms with van der Waals surface area (Å²) in [6, 6.07) is 12.7. The lowest BCUT2D eigenvalue weighted by Crippen LogP contribution is -2.59. The summed E-state index contributed by atoms with van der Waals surface area (Å²) in [5.41, 5.74) is 3.03. The molecule has 0 fully saturated rings. The van der Waals surface area contributed by atoms with Gasteiger partial charge in [-0.15, -0.1) is 0 Å². The molecule has 7 heteroatoms. The number of nitrogens with one attached hydrogen (secondary N) is 1. The van der Waals surface area contributed by atoms with Gasteiger partial charge in [0.25, 0.3) is 5.91 Å². The number of ketones is 1. The lowest BCUT2D eigenvalue weighted by molar-refractivity contribution is -0.148. The molecule has 1 aliphatic carbocycles. The predicted molar refractivity (Wildman–Crippen MR) is 120 cm³/mol. The number of Topliss-reactive ketones (excluding diaryl/α,β-unsaturated/α-hetero) is 1. The molecule has 1 aliphatic heterocycles. The van der Waals surface area contributed by atoms with Crippen LogP contribution >= 0.6 is 0 Å². The number of para-hydroxylation sites is 2. The van der Waals surface area contributed by atoms with Crippen molar-refractivity contribution >= 4 is 34.9 Å². The van der Waals surface area contributed by atoms with Crippen LogP contribution in [0.25, 0.3) is 0 Å². The van der Waals surface area contributed by atoms with Crippen LogP contribution in [0.4, 0.5) is 11.4 Å². The summed E-state index contributed by atoms with van der Waals surface area (Å²) in [6.07, 6.45) is 3.04. The molecule has 2 amide bonds. The Bertz CT molecular complexity index is 1110. The summed E-state index contributed by atoms with van der Waals surface area (Å²) in [4.78, 5) is 51.4. The van der Waals surface area contributed by atoms with Crippen molar-refractivity contribution in [2.75, 3.05) is 16.8 Å². The molecule has 7 nitrogen and oxygen atoms in total. The van der Waals surface area contributed by atoms with Crippen molar-refractivity contribution in [3.05, 3.63) is 59.2 Å². The molecule has 0 radical (unpaired) electrons. The number of fused-ring (bicyclic) bond motifs is 2. The fourth-order valence-corrected chi connectivity index (χ4v) is 4.28. The van der Waals surface area contributed by atoms with Crippen LogP contribution in [0.3, 0.4) is 0 Å². The van der Waals surface area contributed by atoms with E-state index in [1.807, 2.05) is 18.2 Å². The third-order valence-corrected chi connectivity index (χ3v) is 6.09. The van der Waals surface area contributed by atoms with Gasteiger partial charge in [-0.1, -0.05) is 24.3 Å². The molecular formula is C25H26N2O5. The van der Waals surface area contributed by atoms with Crippen LogP contribution < -0.4 is 10.2 Å². The van der Waals surface area contributed by atoms with Crippen molar-refractivity contribution in [3.63, 3.8) is 0 Å². The van der Waals surface area contributed by atoms with Crippen molar-refractivity contribution in [3.8, 4) is 0 Å². The number of amides is 2. The van der Waals surface area contributed by atoms with E-state index >= 15 is 0 Å². The van der Waals surface area contributed by atoms with Crippen molar-refractivity contribution in [2.24, 2.45) is 0 Å². The third kappa shape index (κ3) is 4.15. The minimum absolute atomic E-state index is 0.0201. The van der Waals surface area contributed by atoms with Crippen LogP contribution in [0.15, 0.2) is 42.5 Å². The number of nitrogens with zero attached hydrogens (tertiary/aromatic N) is 1. The quantitative estimate of drug-likeness (QED) is 0.555. The molecule has 1 heterocycles. The van der Waals surface area contributed by atoms with Gasteiger partial charge in [0.05, 0.1) is 17.8 Å². The molecule has 0 saturated carbocycles. The van der Waals surface area contributed by atoms with Gasteiger partial charge in [0.2, 0.25) is 5.91 Å². The molecule has 0 aromatic heterocycles. The number of hydrogen-bond acceptors (Lipinski definition) is 5. The van der Waals surface area contributed by atoms with Gasteiger partial charge >= 0.3 is 5.97 Å². The third-order valence-electron chi connectivity index (χ3n) is 6.09. The summed E-state index contributed by atoms with van der Waals surface area (Å²) < 4.78 is 5.15. The van der Waals surface area contributed by atoms with Crippen LogP contribution in [0.1, 0.15) is 54.6 Å². The maximum atomic E-state index is 12.9. The molecule has 2 aliphatic rings. The smallest absolute Gasteiger partial charge is 0.306 e. The van der Waals surface area contributed by atoms with Gasteiger partial charge in [0, 0.05) is 12.0 Å². The second kappa shape index (κ2) is 8.57. The van der Waals surface area contributed by atoms with Gasteiger partial charge in [-0.3, -0.25) is 24.1 Å². The van der Waals surface area contributed by atoms with Gasteiger partial charge in [0.1, 0.15) is 5.54 Å². The van der Waals surface area contributed by atoms with Gasteiger partial charge in [0.15, 0.2) is 12.4 Å². The molecule has 1 N–H and O–H groups in total. The molecule has 2 aromatic rings. The van der Waals surface area contributed by atoms with Crippen LogP contribution in [-0.4, -0.2) is 35.7 Å². The second-order valence-corrected chi connectivity index (χ2v) is 8.68. The summed E-state index contributed by atoms with van der Waals surface area (Å²) >= 11 is 0. The van der Waals surface area contributed by atoms with Crippen LogP contribution in [0.2, 0.25) is 0 Å². The van der Waals surface area contributed by atoms with Gasteiger partial charge in [-0.2, -0.15) is 0 Å². The van der Waals surface area contributed by atoms with Crippen molar-refractivity contribution in [2.45, 2.75) is 51.5 Å². The van der Waals surface area contributed by atoms with Crippen LogP contribution in [0, 0.1) is 0 Å². The first-order valence-electron chi connectivity index (χ1n) is 10.8. The standard InChI is InChI=1S/C25H26N2O5/c1-25(2)24(31)26-19-8-3-4-9-20(19)27(25)22(29)15-32-23(30)13-12-21(28)18-11-10-16-6-5-7-17(16)14-18/h3-4,8-11,14H,5-7,12-13,15H2,1-2H3,(H,26,31). The van der Waals surface area contributed by atoms with E-state index in [0.29, 0.717) is 16.9 Å². The Hall–Kier alpha value is -3.48. The number of carbonyl (C=O) groups excluding carboxylic acids is 4. The van der Waals surface area contributed by atoms with Gasteiger partial charge < -0.3 is 10.1 Å². The first-order chi connectivity index (χ1) is 15.3. The maximum Gasteiger partial charge on any atom is 0.306 e. The number of hydrogen-bond donors (Lipinski definition) is 1. The highest BCUT2D eigenvalue weighted by molar-refractivity contribution is 6.14. The zero-order chi connectivity index (χ0) is 22.9. The first-order valence-corrected chi connectivity index (χ1v) is 10.8. The highest BCUT2D eigenvalue weighted by Gasteiger charge is 2.43. The molecule has 0 saturated heterocycles. The van der Waals surface area contributed by atoms with Crippen LogP contribution in [-0.2, 0) is 32.0 Å².